The van der Waals surface area contributed by atoms with Crippen LogP contribution in [0.1, 0.15) is 33.9 Å². The number of benzene rings is 1. The zero-order valence-corrected chi connectivity index (χ0v) is 15.2. The minimum atomic E-state index is -0.612. The first-order valence-corrected chi connectivity index (χ1v) is 9.38. The molecule has 4 rings (SSSR count). The van der Waals surface area contributed by atoms with Crippen molar-refractivity contribution in [2.45, 2.75) is 31.7 Å². The quantitative estimate of drug-likeness (QED) is 0.696. The number of nitrogens with zero attached hydrogens (tertiary/aromatic N) is 3. The molecule has 1 aliphatic rings. The minimum absolute atomic E-state index is 0.147. The first-order chi connectivity index (χ1) is 13.1. The van der Waals surface area contributed by atoms with Gasteiger partial charge in [-0.05, 0) is 36.3 Å². The van der Waals surface area contributed by atoms with E-state index in [-0.39, 0.29) is 12.5 Å². The second-order valence-corrected chi connectivity index (χ2v) is 7.54. The number of amides is 1. The number of hydrogen-bond acceptors (Lipinski definition) is 6. The van der Waals surface area contributed by atoms with E-state index in [0.29, 0.717) is 16.5 Å². The maximum atomic E-state index is 12.2. The van der Waals surface area contributed by atoms with E-state index >= 15 is 0 Å². The van der Waals surface area contributed by atoms with E-state index < -0.39 is 5.95 Å². The molecule has 1 unspecified atom stereocenters. The highest BCUT2D eigenvalue weighted by Gasteiger charge is 2.27. The van der Waals surface area contributed by atoms with Crippen LogP contribution in [0, 0.1) is 11.3 Å². The molecule has 1 atom stereocenters. The van der Waals surface area contributed by atoms with Gasteiger partial charge in [-0.25, -0.2) is 0 Å². The third-order valence-corrected chi connectivity index (χ3v) is 5.87. The van der Waals surface area contributed by atoms with Crippen molar-refractivity contribution in [3.05, 3.63) is 58.1 Å². The van der Waals surface area contributed by atoms with Crippen LogP contribution in [-0.4, -0.2) is 11.2 Å². The summed E-state index contributed by atoms with van der Waals surface area (Å²) in [7, 11) is 0. The lowest BCUT2D eigenvalue weighted by Gasteiger charge is -2.22. The summed E-state index contributed by atoms with van der Waals surface area (Å²) in [5.74, 6) is -0.546. The molecule has 0 spiro atoms. The van der Waals surface area contributed by atoms with Crippen molar-refractivity contribution in [1.82, 2.24) is 5.27 Å². The smallest absolute Gasteiger partial charge is 0.293 e. The van der Waals surface area contributed by atoms with Crippen LogP contribution in [0.25, 0.3) is 0 Å². The molecular formula is C19H16N4O3S. The molecule has 0 aliphatic heterocycles. The average Bonchev–Trinajstić information content (AvgIpc) is 3.23. The molecule has 0 fully saturated rings. The summed E-state index contributed by atoms with van der Waals surface area (Å²) < 4.78 is 5.54. The number of rotatable bonds is 4. The molecule has 1 aliphatic carbocycles. The summed E-state index contributed by atoms with van der Waals surface area (Å²) in [5.41, 5.74) is 2.89. The first kappa shape index (κ1) is 17.2. The van der Waals surface area contributed by atoms with Crippen molar-refractivity contribution in [2.75, 3.05) is 5.32 Å². The molecule has 2 heterocycles. The topological polar surface area (TPSA) is 106 Å². The molecule has 136 valence electrons. The van der Waals surface area contributed by atoms with Gasteiger partial charge in [0.05, 0.1) is 10.8 Å². The van der Waals surface area contributed by atoms with Crippen molar-refractivity contribution < 1.29 is 19.1 Å². The zero-order chi connectivity index (χ0) is 18.8. The van der Waals surface area contributed by atoms with Crippen LogP contribution >= 0.6 is 11.3 Å². The molecule has 2 aromatic heterocycles. The fraction of sp³-hybridized carbons (Fsp3) is 0.263. The largest absolute Gasteiger partial charge is 0.539 e. The summed E-state index contributed by atoms with van der Waals surface area (Å²) in [5, 5.41) is 27.4. The molecule has 8 heteroatoms. The van der Waals surface area contributed by atoms with Crippen molar-refractivity contribution in [1.29, 1.82) is 5.26 Å². The zero-order valence-electron chi connectivity index (χ0n) is 14.3. The summed E-state index contributed by atoms with van der Waals surface area (Å²) in [6.07, 6.45) is 3.78. The predicted molar refractivity (Wildman–Crippen MR) is 95.0 cm³/mol. The Morgan fingerprint density at radius 1 is 1.44 bits per heavy atom. The Bertz CT molecular complexity index is 1020. The van der Waals surface area contributed by atoms with Gasteiger partial charge in [0.1, 0.15) is 17.0 Å². The lowest BCUT2D eigenvalue weighted by atomic mass is 9.83. The van der Waals surface area contributed by atoms with Gasteiger partial charge in [0.15, 0.2) is 0 Å². The first-order valence-electron chi connectivity index (χ1n) is 8.57. The molecule has 0 saturated carbocycles. The van der Waals surface area contributed by atoms with Crippen molar-refractivity contribution in [3.63, 3.8) is 0 Å². The van der Waals surface area contributed by atoms with Crippen LogP contribution < -0.4 is 15.1 Å². The number of carbonyl (C=O) groups excluding carboxylic acids is 1. The fourth-order valence-electron chi connectivity index (χ4n) is 3.45. The van der Waals surface area contributed by atoms with Gasteiger partial charge >= 0.3 is 0 Å². The lowest BCUT2D eigenvalue weighted by Crippen LogP contribution is -2.41. The van der Waals surface area contributed by atoms with Gasteiger partial charge < -0.3 is 14.9 Å². The van der Waals surface area contributed by atoms with Crippen LogP contribution in [0.2, 0.25) is 0 Å². The van der Waals surface area contributed by atoms with Crippen LogP contribution in [0.4, 0.5) is 5.00 Å². The average molecular weight is 380 g/mol. The Hall–Kier alpha value is -3.18. The summed E-state index contributed by atoms with van der Waals surface area (Å²) >= 11 is 1.46. The number of nitrogens with one attached hydrogen (secondary N) is 1. The van der Waals surface area contributed by atoms with Crippen LogP contribution in [0.3, 0.4) is 0 Å². The van der Waals surface area contributed by atoms with E-state index in [1.807, 2.05) is 18.2 Å². The highest BCUT2D eigenvalue weighted by molar-refractivity contribution is 7.16. The third kappa shape index (κ3) is 3.55. The van der Waals surface area contributed by atoms with E-state index in [4.69, 9.17) is 0 Å². The van der Waals surface area contributed by atoms with Gasteiger partial charge in [-0.2, -0.15) is 5.26 Å². The van der Waals surface area contributed by atoms with Crippen LogP contribution in [0.5, 0.6) is 5.95 Å². The van der Waals surface area contributed by atoms with Crippen LogP contribution in [-0.2, 0) is 24.2 Å². The standard InChI is InChI=1S/C19H16N4O3S/c20-9-15-14-7-6-13(12-4-2-1-3-5-12)8-16(14)27-19(15)21-17(24)10-23-11-18(25)26-22-23/h1-5,11,13H,6-8,10H2,(H-,21,22,24,25). The monoisotopic (exact) mass is 380 g/mol. The number of anilines is 1. The van der Waals surface area contributed by atoms with E-state index in [0.717, 1.165) is 40.6 Å². The molecule has 1 N–H and O–H groups in total. The van der Waals surface area contributed by atoms with E-state index in [1.54, 1.807) is 0 Å². The maximum absolute atomic E-state index is 12.2. The van der Waals surface area contributed by atoms with Gasteiger partial charge in [0.2, 0.25) is 6.20 Å². The molecule has 27 heavy (non-hydrogen) atoms. The molecule has 0 radical (unpaired) electrons. The molecular weight excluding hydrogens is 364 g/mol. The van der Waals surface area contributed by atoms with Gasteiger partial charge in [-0.3, -0.25) is 4.79 Å². The second kappa shape index (κ2) is 7.21. The summed E-state index contributed by atoms with van der Waals surface area (Å²) in [6.45, 7) is -0.147. The van der Waals surface area contributed by atoms with Crippen molar-refractivity contribution in [2.24, 2.45) is 0 Å². The minimum Gasteiger partial charge on any atom is -0.539 e. The van der Waals surface area contributed by atoms with Gasteiger partial charge in [0, 0.05) is 4.88 Å². The number of hydrogen-bond donors (Lipinski definition) is 1. The van der Waals surface area contributed by atoms with Gasteiger partial charge in [0.25, 0.3) is 12.5 Å². The highest BCUT2D eigenvalue weighted by Crippen LogP contribution is 2.42. The summed E-state index contributed by atoms with van der Waals surface area (Å²) in [6, 6.07) is 12.6. The summed E-state index contributed by atoms with van der Waals surface area (Å²) in [4.78, 5) is 13.4. The molecule has 3 aromatic rings. The third-order valence-electron chi connectivity index (χ3n) is 4.70. The Balaban J connectivity index is 1.53. The van der Waals surface area contributed by atoms with Crippen molar-refractivity contribution >= 4 is 22.2 Å². The van der Waals surface area contributed by atoms with E-state index in [9.17, 15) is 15.2 Å². The van der Waals surface area contributed by atoms with E-state index in [2.05, 4.69) is 33.3 Å². The number of nitriles is 1. The molecule has 1 amide bonds. The number of aromatic nitrogens is 2. The van der Waals surface area contributed by atoms with Gasteiger partial charge in [-0.1, -0.05) is 35.0 Å². The SMILES string of the molecule is N#Cc1c(NC(=O)C[n+]2cc([O-])on2)sc2c1CCC(c1ccccc1)C2. The predicted octanol–water partition coefficient (Wildman–Crippen LogP) is 1.88. The molecule has 0 saturated heterocycles. The lowest BCUT2D eigenvalue weighted by molar-refractivity contribution is -0.750. The number of carbonyl (C=O) groups is 1. The molecule has 7 nitrogen and oxygen atoms in total. The molecule has 0 bridgehead atoms. The fourth-order valence-corrected chi connectivity index (χ4v) is 4.75. The Kier molecular flexibility index (Phi) is 4.60. The second-order valence-electron chi connectivity index (χ2n) is 6.44. The van der Waals surface area contributed by atoms with Crippen molar-refractivity contribution in [3.8, 4) is 12.0 Å². The van der Waals surface area contributed by atoms with Crippen LogP contribution in [0.15, 0.2) is 41.1 Å². The van der Waals surface area contributed by atoms with Gasteiger partial charge in [-0.15, -0.1) is 11.3 Å². The number of thiophene rings is 1. The Morgan fingerprint density at radius 2 is 2.26 bits per heavy atom. The highest BCUT2D eigenvalue weighted by atomic mass is 32.1. The normalized spacial score (nSPS) is 15.7. The Morgan fingerprint density at radius 3 is 2.96 bits per heavy atom. The van der Waals surface area contributed by atoms with E-state index in [1.165, 1.54) is 16.9 Å². The maximum Gasteiger partial charge on any atom is 0.293 e. The number of fused-ring (bicyclic) bond motifs is 1. The molecule has 1 aromatic carbocycles. The Labute approximate surface area is 159 Å².